The van der Waals surface area contributed by atoms with Crippen LogP contribution in [0.3, 0.4) is 0 Å². The molecule has 4 rings (SSSR count). The van der Waals surface area contributed by atoms with E-state index in [2.05, 4.69) is 70.6 Å². The van der Waals surface area contributed by atoms with Crippen LogP contribution >= 0.6 is 0 Å². The van der Waals surface area contributed by atoms with E-state index in [1.807, 2.05) is 6.20 Å². The zero-order valence-electron chi connectivity index (χ0n) is 12.7. The van der Waals surface area contributed by atoms with Gasteiger partial charge in [-0.3, -0.25) is 0 Å². The molecule has 3 heterocycles. The first-order valence-electron chi connectivity index (χ1n) is 7.72. The molecule has 0 bridgehead atoms. The van der Waals surface area contributed by atoms with Crippen LogP contribution in [0, 0.1) is 0 Å². The summed E-state index contributed by atoms with van der Waals surface area (Å²) in [5.74, 6) is 0. The van der Waals surface area contributed by atoms with E-state index in [0.717, 1.165) is 25.2 Å². The normalized spacial score (nSPS) is 16.0. The van der Waals surface area contributed by atoms with Crippen LogP contribution in [-0.2, 0) is 0 Å². The third-order valence-electron chi connectivity index (χ3n) is 4.35. The van der Waals surface area contributed by atoms with Crippen molar-refractivity contribution in [2.45, 2.75) is 6.42 Å². The highest BCUT2D eigenvalue weighted by Gasteiger charge is 2.17. The molecule has 0 unspecified atom stereocenters. The zero-order chi connectivity index (χ0) is 14.9. The predicted molar refractivity (Wildman–Crippen MR) is 91.6 cm³/mol. The van der Waals surface area contributed by atoms with Crippen molar-refractivity contribution < 1.29 is 0 Å². The number of likely N-dealkylation sites (N-methyl/N-ethyl adjacent to an activating group) is 1. The zero-order valence-corrected chi connectivity index (χ0v) is 12.7. The average Bonchev–Trinajstić information content (AvgIpc) is 3.00. The second-order valence-electron chi connectivity index (χ2n) is 5.91. The van der Waals surface area contributed by atoms with Gasteiger partial charge in [-0.15, -0.1) is 0 Å². The molecule has 1 N–H and O–H groups in total. The minimum Gasteiger partial charge on any atom is -0.346 e. The molecule has 0 saturated carbocycles. The summed E-state index contributed by atoms with van der Waals surface area (Å²) in [4.78, 5) is 10.2. The van der Waals surface area contributed by atoms with Crippen LogP contribution in [0.5, 0.6) is 0 Å². The first kappa shape index (κ1) is 13.3. The summed E-state index contributed by atoms with van der Waals surface area (Å²) in [5, 5.41) is 1.23. The van der Waals surface area contributed by atoms with Crippen LogP contribution in [-0.4, -0.2) is 35.0 Å². The van der Waals surface area contributed by atoms with Gasteiger partial charge in [-0.25, -0.2) is 4.98 Å². The molecule has 0 aliphatic carbocycles. The van der Waals surface area contributed by atoms with Gasteiger partial charge in [-0.2, -0.15) is 0 Å². The van der Waals surface area contributed by atoms with Gasteiger partial charge in [-0.05, 0) is 36.2 Å². The molecule has 0 atom stereocenters. The third-order valence-corrected chi connectivity index (χ3v) is 4.35. The number of fused-ring (bicyclic) bond motifs is 1. The van der Waals surface area contributed by atoms with Crippen molar-refractivity contribution in [3.8, 4) is 11.1 Å². The Morgan fingerprint density at radius 2 is 1.95 bits per heavy atom. The number of hydrogen-bond acceptors (Lipinski definition) is 2. The van der Waals surface area contributed by atoms with Gasteiger partial charge in [0.1, 0.15) is 5.65 Å². The van der Waals surface area contributed by atoms with Gasteiger partial charge in [-0.1, -0.05) is 36.4 Å². The Morgan fingerprint density at radius 3 is 2.77 bits per heavy atom. The molecule has 0 fully saturated rings. The monoisotopic (exact) mass is 289 g/mol. The Hall–Kier alpha value is -2.39. The van der Waals surface area contributed by atoms with Gasteiger partial charge in [0, 0.05) is 36.4 Å². The summed E-state index contributed by atoms with van der Waals surface area (Å²) in [7, 11) is 2.18. The van der Waals surface area contributed by atoms with Crippen molar-refractivity contribution in [3.63, 3.8) is 0 Å². The summed E-state index contributed by atoms with van der Waals surface area (Å²) in [6.07, 6.45) is 7.46. The van der Waals surface area contributed by atoms with Crippen molar-refractivity contribution in [1.82, 2.24) is 14.9 Å². The quantitative estimate of drug-likeness (QED) is 0.774. The van der Waals surface area contributed by atoms with E-state index in [0.29, 0.717) is 0 Å². The highest BCUT2D eigenvalue weighted by molar-refractivity contribution is 6.01. The lowest BCUT2D eigenvalue weighted by molar-refractivity contribution is 0.373. The molecular formula is C19H19N3. The molecule has 0 spiro atoms. The lowest BCUT2D eigenvalue weighted by Gasteiger charge is -2.23. The summed E-state index contributed by atoms with van der Waals surface area (Å²) < 4.78 is 0. The van der Waals surface area contributed by atoms with Crippen LogP contribution in [0.15, 0.2) is 54.9 Å². The standard InChI is InChI=1S/C19H19N3/c1-22-11-5-8-15(13-22)17-12-21-19-18(17)16(9-10-20-19)14-6-3-2-4-7-14/h2-4,6-10,12H,5,11,13H2,1H3,(H,20,21). The largest absolute Gasteiger partial charge is 0.346 e. The predicted octanol–water partition coefficient (Wildman–Crippen LogP) is 3.95. The lowest BCUT2D eigenvalue weighted by atomic mass is 9.96. The fourth-order valence-corrected chi connectivity index (χ4v) is 3.26. The maximum absolute atomic E-state index is 4.51. The molecule has 0 saturated heterocycles. The van der Waals surface area contributed by atoms with Crippen LogP contribution in [0.2, 0.25) is 0 Å². The second kappa shape index (κ2) is 5.43. The van der Waals surface area contributed by atoms with Crippen molar-refractivity contribution in [2.24, 2.45) is 0 Å². The third kappa shape index (κ3) is 2.24. The Balaban J connectivity index is 1.92. The van der Waals surface area contributed by atoms with Gasteiger partial charge in [0.15, 0.2) is 0 Å². The highest BCUT2D eigenvalue weighted by Crippen LogP contribution is 2.34. The number of aromatic nitrogens is 2. The van der Waals surface area contributed by atoms with Crippen molar-refractivity contribution in [2.75, 3.05) is 20.1 Å². The van der Waals surface area contributed by atoms with Crippen LogP contribution in [0.25, 0.3) is 27.7 Å². The van der Waals surface area contributed by atoms with E-state index < -0.39 is 0 Å². The molecule has 22 heavy (non-hydrogen) atoms. The Bertz CT molecular complexity index is 830. The molecule has 0 radical (unpaired) electrons. The Morgan fingerprint density at radius 1 is 1.09 bits per heavy atom. The Labute approximate surface area is 130 Å². The average molecular weight is 289 g/mol. The van der Waals surface area contributed by atoms with Gasteiger partial charge in [0.2, 0.25) is 0 Å². The molecule has 3 heteroatoms. The van der Waals surface area contributed by atoms with Crippen molar-refractivity contribution in [3.05, 3.63) is 60.4 Å². The summed E-state index contributed by atoms with van der Waals surface area (Å²) in [6, 6.07) is 12.7. The smallest absolute Gasteiger partial charge is 0.138 e. The number of nitrogens with zero attached hydrogens (tertiary/aromatic N) is 2. The number of aromatic amines is 1. The maximum atomic E-state index is 4.51. The molecule has 3 aromatic rings. The summed E-state index contributed by atoms with van der Waals surface area (Å²) >= 11 is 0. The minimum absolute atomic E-state index is 0.963. The summed E-state index contributed by atoms with van der Waals surface area (Å²) in [6.45, 7) is 2.13. The Kier molecular flexibility index (Phi) is 3.28. The van der Waals surface area contributed by atoms with Gasteiger partial charge in [0.25, 0.3) is 0 Å². The van der Waals surface area contributed by atoms with E-state index in [4.69, 9.17) is 0 Å². The maximum Gasteiger partial charge on any atom is 0.138 e. The fourth-order valence-electron chi connectivity index (χ4n) is 3.26. The number of nitrogens with one attached hydrogen (secondary N) is 1. The number of H-pyrrole nitrogens is 1. The second-order valence-corrected chi connectivity index (χ2v) is 5.91. The van der Waals surface area contributed by atoms with E-state index in [-0.39, 0.29) is 0 Å². The summed E-state index contributed by atoms with van der Waals surface area (Å²) in [5.41, 5.74) is 6.13. The van der Waals surface area contributed by atoms with Crippen LogP contribution in [0.1, 0.15) is 12.0 Å². The first-order chi connectivity index (χ1) is 10.8. The SMILES string of the molecule is CN1CCC=C(c2c[nH]c3nccc(-c4ccccc4)c23)C1. The molecule has 110 valence electrons. The topological polar surface area (TPSA) is 31.9 Å². The first-order valence-corrected chi connectivity index (χ1v) is 7.72. The van der Waals surface area contributed by atoms with Gasteiger partial charge < -0.3 is 9.88 Å². The molecular weight excluding hydrogens is 270 g/mol. The number of rotatable bonds is 2. The fraction of sp³-hybridized carbons (Fsp3) is 0.211. The minimum atomic E-state index is 0.963. The molecule has 1 aromatic carbocycles. The number of benzene rings is 1. The molecule has 1 aliphatic heterocycles. The van der Waals surface area contributed by atoms with E-state index in [1.165, 1.54) is 27.6 Å². The lowest BCUT2D eigenvalue weighted by Crippen LogP contribution is -2.24. The molecule has 0 amide bonds. The van der Waals surface area contributed by atoms with Crippen LogP contribution < -0.4 is 0 Å². The molecule has 2 aromatic heterocycles. The number of hydrogen-bond donors (Lipinski definition) is 1. The van der Waals surface area contributed by atoms with Crippen molar-refractivity contribution in [1.29, 1.82) is 0 Å². The highest BCUT2D eigenvalue weighted by atomic mass is 15.1. The van der Waals surface area contributed by atoms with Crippen molar-refractivity contribution >= 4 is 16.6 Å². The van der Waals surface area contributed by atoms with Gasteiger partial charge >= 0.3 is 0 Å². The van der Waals surface area contributed by atoms with E-state index >= 15 is 0 Å². The molecule has 3 nitrogen and oxygen atoms in total. The van der Waals surface area contributed by atoms with E-state index in [1.54, 1.807) is 0 Å². The van der Waals surface area contributed by atoms with Crippen LogP contribution in [0.4, 0.5) is 0 Å². The number of pyridine rings is 1. The molecule has 1 aliphatic rings. The van der Waals surface area contributed by atoms with E-state index in [9.17, 15) is 0 Å². The van der Waals surface area contributed by atoms with Gasteiger partial charge in [0.05, 0.1) is 0 Å².